The molecule has 7 heteroatoms. The summed E-state index contributed by atoms with van der Waals surface area (Å²) >= 11 is 0. The predicted octanol–water partition coefficient (Wildman–Crippen LogP) is 3.15. The average molecular weight is 432 g/mol. The lowest BCUT2D eigenvalue weighted by Gasteiger charge is -2.33. The molecule has 170 valence electrons. The van der Waals surface area contributed by atoms with Crippen LogP contribution in [0.15, 0.2) is 30.3 Å². The van der Waals surface area contributed by atoms with Crippen LogP contribution in [0.1, 0.15) is 47.1 Å². The lowest BCUT2D eigenvalue weighted by molar-refractivity contribution is -0.281. The van der Waals surface area contributed by atoms with Gasteiger partial charge in [-0.3, -0.25) is 0 Å². The molecule has 1 aromatic rings. The minimum Gasteiger partial charge on any atom is -0.349 e. The summed E-state index contributed by atoms with van der Waals surface area (Å²) in [6.45, 7) is 11.9. The number of rotatable bonds is 4. The third-order valence-corrected chi connectivity index (χ3v) is 5.78. The first-order valence-electron chi connectivity index (χ1n) is 10.9. The molecule has 2 unspecified atom stereocenters. The molecule has 0 amide bonds. The molecule has 7 nitrogen and oxygen atoms in total. The maximum absolute atomic E-state index is 11.2. The summed E-state index contributed by atoms with van der Waals surface area (Å²) in [5.74, 6) is 4.95. The van der Waals surface area contributed by atoms with E-state index in [1.54, 1.807) is 0 Å². The Bertz CT molecular complexity index is 829. The van der Waals surface area contributed by atoms with Gasteiger partial charge in [-0.15, -0.1) is 5.06 Å². The number of benzene rings is 1. The van der Waals surface area contributed by atoms with Crippen molar-refractivity contribution in [3.63, 3.8) is 0 Å². The SMILES string of the molecule is CC(C)C(C#Cc1ccccc1)N(O)C1O[C@H]([C@H]2COC(C)(C)O2)[C@@H]2OC(C)(C)O[C@H]12. The van der Waals surface area contributed by atoms with Crippen LogP contribution in [0.4, 0.5) is 0 Å². The number of hydroxylamine groups is 2. The standard InChI is InChI=1S/C24H33NO6/c1-15(2)17(13-12-16-10-8-7-9-11-16)25(26)22-21-20(30-24(5,6)31-21)19(28-22)18-14-27-23(3,4)29-18/h7-11,15,17-22,26H,14H2,1-6H3/t17?,18-,19-,20+,21+,22?/m1/s1. The zero-order valence-electron chi connectivity index (χ0n) is 19.1. The molecule has 31 heavy (non-hydrogen) atoms. The molecule has 3 aliphatic rings. The van der Waals surface area contributed by atoms with Crippen LogP contribution in [0.25, 0.3) is 0 Å². The first-order valence-corrected chi connectivity index (χ1v) is 10.9. The maximum Gasteiger partial charge on any atom is 0.164 e. The summed E-state index contributed by atoms with van der Waals surface area (Å²) in [5.41, 5.74) is 0.893. The van der Waals surface area contributed by atoms with Crippen molar-refractivity contribution < 1.29 is 28.9 Å². The van der Waals surface area contributed by atoms with Gasteiger partial charge >= 0.3 is 0 Å². The predicted molar refractivity (Wildman–Crippen MR) is 113 cm³/mol. The molecule has 0 radical (unpaired) electrons. The molecule has 4 rings (SSSR count). The van der Waals surface area contributed by atoms with Gasteiger partial charge in [-0.1, -0.05) is 43.9 Å². The fraction of sp³-hybridized carbons (Fsp3) is 0.667. The Morgan fingerprint density at radius 1 is 0.968 bits per heavy atom. The van der Waals surface area contributed by atoms with Crippen LogP contribution in [-0.2, 0) is 23.7 Å². The normalized spacial score (nSPS) is 34.5. The Labute approximate surface area is 184 Å². The van der Waals surface area contributed by atoms with Gasteiger partial charge in [0.25, 0.3) is 0 Å². The fourth-order valence-corrected chi connectivity index (χ4v) is 4.37. The molecule has 3 saturated heterocycles. The van der Waals surface area contributed by atoms with Crippen molar-refractivity contribution >= 4 is 0 Å². The van der Waals surface area contributed by atoms with Crippen LogP contribution < -0.4 is 0 Å². The lowest BCUT2D eigenvalue weighted by atomic mass is 10.0. The highest BCUT2D eigenvalue weighted by Gasteiger charge is 2.60. The molecule has 3 fully saturated rings. The van der Waals surface area contributed by atoms with Crippen LogP contribution in [-0.4, -0.2) is 65.1 Å². The third-order valence-electron chi connectivity index (χ3n) is 5.78. The monoisotopic (exact) mass is 431 g/mol. The summed E-state index contributed by atoms with van der Waals surface area (Å²) in [7, 11) is 0. The summed E-state index contributed by atoms with van der Waals surface area (Å²) in [4.78, 5) is 0. The maximum atomic E-state index is 11.2. The Morgan fingerprint density at radius 2 is 1.65 bits per heavy atom. The van der Waals surface area contributed by atoms with Crippen molar-refractivity contribution in [2.45, 2.75) is 89.8 Å². The highest BCUT2D eigenvalue weighted by Crippen LogP contribution is 2.43. The van der Waals surface area contributed by atoms with E-state index in [9.17, 15) is 5.21 Å². The molecule has 3 heterocycles. The molecule has 1 N–H and O–H groups in total. The molecule has 0 saturated carbocycles. The molecule has 0 spiro atoms. The van der Waals surface area contributed by atoms with E-state index in [2.05, 4.69) is 11.8 Å². The third kappa shape index (κ3) is 4.81. The van der Waals surface area contributed by atoms with Crippen LogP contribution >= 0.6 is 0 Å². The number of fused-ring (bicyclic) bond motifs is 1. The van der Waals surface area contributed by atoms with Gasteiger partial charge in [0.2, 0.25) is 0 Å². The van der Waals surface area contributed by atoms with Gasteiger partial charge in [0.15, 0.2) is 17.8 Å². The van der Waals surface area contributed by atoms with Gasteiger partial charge < -0.3 is 28.9 Å². The minimum absolute atomic E-state index is 0.0580. The van der Waals surface area contributed by atoms with E-state index in [4.69, 9.17) is 23.7 Å². The second kappa shape index (κ2) is 8.45. The zero-order chi connectivity index (χ0) is 22.4. The van der Waals surface area contributed by atoms with Gasteiger partial charge in [-0.05, 0) is 45.7 Å². The van der Waals surface area contributed by atoms with Gasteiger partial charge in [0.1, 0.15) is 30.5 Å². The highest BCUT2D eigenvalue weighted by molar-refractivity contribution is 5.35. The molecule has 0 aromatic heterocycles. The summed E-state index contributed by atoms with van der Waals surface area (Å²) in [5, 5.41) is 12.4. The second-order valence-corrected chi connectivity index (χ2v) is 9.63. The molecule has 6 atom stereocenters. The lowest BCUT2D eigenvalue weighted by Crippen LogP contribution is -2.49. The Kier molecular flexibility index (Phi) is 6.18. The van der Waals surface area contributed by atoms with E-state index in [-0.39, 0.29) is 18.1 Å². The van der Waals surface area contributed by atoms with Crippen molar-refractivity contribution in [2.24, 2.45) is 5.92 Å². The van der Waals surface area contributed by atoms with E-state index in [0.717, 1.165) is 5.56 Å². The first kappa shape index (κ1) is 22.7. The largest absolute Gasteiger partial charge is 0.349 e. The van der Waals surface area contributed by atoms with Crippen molar-refractivity contribution in [3.05, 3.63) is 35.9 Å². The van der Waals surface area contributed by atoms with Crippen molar-refractivity contribution in [2.75, 3.05) is 6.61 Å². The number of ether oxygens (including phenoxy) is 5. The van der Waals surface area contributed by atoms with Crippen LogP contribution in [0, 0.1) is 17.8 Å². The summed E-state index contributed by atoms with van der Waals surface area (Å²) in [6, 6.07) is 9.27. The zero-order valence-corrected chi connectivity index (χ0v) is 19.1. The average Bonchev–Trinajstić information content (AvgIpc) is 3.31. The number of hydrogen-bond donors (Lipinski definition) is 1. The number of nitrogens with zero attached hydrogens (tertiary/aromatic N) is 1. The Hall–Kier alpha value is -1.50. The van der Waals surface area contributed by atoms with Crippen LogP contribution in [0.2, 0.25) is 0 Å². The van der Waals surface area contributed by atoms with E-state index in [0.29, 0.717) is 6.61 Å². The van der Waals surface area contributed by atoms with Gasteiger partial charge in [-0.2, -0.15) is 0 Å². The molecule has 3 aliphatic heterocycles. The Balaban J connectivity index is 1.57. The highest BCUT2D eigenvalue weighted by atomic mass is 16.8. The summed E-state index contributed by atoms with van der Waals surface area (Å²) in [6.07, 6.45) is -2.33. The van der Waals surface area contributed by atoms with Crippen molar-refractivity contribution in [3.8, 4) is 11.8 Å². The molecular weight excluding hydrogens is 398 g/mol. The summed E-state index contributed by atoms with van der Waals surface area (Å²) < 4.78 is 30.4. The Morgan fingerprint density at radius 3 is 2.26 bits per heavy atom. The van der Waals surface area contributed by atoms with E-state index < -0.39 is 36.1 Å². The first-order chi connectivity index (χ1) is 14.6. The smallest absolute Gasteiger partial charge is 0.164 e. The molecule has 0 bridgehead atoms. The molecular formula is C24H33NO6. The molecule has 0 aliphatic carbocycles. The van der Waals surface area contributed by atoms with Gasteiger partial charge in [0, 0.05) is 5.56 Å². The van der Waals surface area contributed by atoms with Crippen molar-refractivity contribution in [1.82, 2.24) is 5.06 Å². The topological polar surface area (TPSA) is 69.6 Å². The van der Waals surface area contributed by atoms with Crippen molar-refractivity contribution in [1.29, 1.82) is 0 Å². The fourth-order valence-electron chi connectivity index (χ4n) is 4.37. The van der Waals surface area contributed by atoms with E-state index >= 15 is 0 Å². The van der Waals surface area contributed by atoms with Gasteiger partial charge in [-0.25, -0.2) is 0 Å². The van der Waals surface area contributed by atoms with Gasteiger partial charge in [0.05, 0.1) is 6.61 Å². The number of hydrogen-bond acceptors (Lipinski definition) is 7. The van der Waals surface area contributed by atoms with E-state index in [1.165, 1.54) is 5.06 Å². The van der Waals surface area contributed by atoms with Crippen LogP contribution in [0.3, 0.4) is 0 Å². The van der Waals surface area contributed by atoms with E-state index in [1.807, 2.05) is 71.9 Å². The minimum atomic E-state index is -0.783. The quantitative estimate of drug-likeness (QED) is 0.580. The van der Waals surface area contributed by atoms with Crippen LogP contribution in [0.5, 0.6) is 0 Å². The molecule has 1 aromatic carbocycles. The second-order valence-electron chi connectivity index (χ2n) is 9.63.